The molecule has 146 valence electrons. The molecule has 7 nitrogen and oxygen atoms in total. The minimum atomic E-state index is -0.0794. The average Bonchev–Trinajstić information content (AvgIpc) is 3.53. The minimum Gasteiger partial charge on any atom is -0.354 e. The third kappa shape index (κ3) is 4.86. The molecule has 1 aromatic carbocycles. The van der Waals surface area contributed by atoms with Crippen LogP contribution in [0, 0.1) is 0 Å². The van der Waals surface area contributed by atoms with E-state index >= 15 is 0 Å². The Bertz CT molecular complexity index is 830. The molecule has 1 saturated carbocycles. The zero-order chi connectivity index (χ0) is 19.3. The van der Waals surface area contributed by atoms with E-state index in [0.717, 1.165) is 44.8 Å². The van der Waals surface area contributed by atoms with Crippen LogP contribution < -0.4 is 15.5 Å². The highest BCUT2D eigenvalue weighted by molar-refractivity contribution is 5.97. The van der Waals surface area contributed by atoms with Crippen LogP contribution in [0.25, 0.3) is 0 Å². The Kier molecular flexibility index (Phi) is 5.53. The minimum absolute atomic E-state index is 0.0639. The van der Waals surface area contributed by atoms with E-state index in [2.05, 4.69) is 25.4 Å². The van der Waals surface area contributed by atoms with Crippen LogP contribution in [0.5, 0.6) is 0 Å². The fourth-order valence-corrected chi connectivity index (χ4v) is 3.31. The summed E-state index contributed by atoms with van der Waals surface area (Å²) < 4.78 is 0. The summed E-state index contributed by atoms with van der Waals surface area (Å²) in [4.78, 5) is 33.3. The molecule has 2 amide bonds. The molecule has 2 aliphatic rings. The first-order valence-corrected chi connectivity index (χ1v) is 9.76. The summed E-state index contributed by atoms with van der Waals surface area (Å²) >= 11 is 0. The van der Waals surface area contributed by atoms with Crippen LogP contribution in [0.1, 0.15) is 23.2 Å². The van der Waals surface area contributed by atoms with Crippen molar-refractivity contribution < 1.29 is 9.59 Å². The summed E-state index contributed by atoms with van der Waals surface area (Å²) in [5, 5.41) is 5.87. The Morgan fingerprint density at radius 3 is 2.57 bits per heavy atom. The monoisotopic (exact) mass is 379 g/mol. The highest BCUT2D eigenvalue weighted by Gasteiger charge is 2.24. The second kappa shape index (κ2) is 8.39. The molecule has 2 aromatic rings. The van der Waals surface area contributed by atoms with Crippen molar-refractivity contribution in [3.63, 3.8) is 0 Å². The van der Waals surface area contributed by atoms with Crippen molar-refractivity contribution in [1.82, 2.24) is 15.2 Å². The number of nitrogens with one attached hydrogen (secondary N) is 2. The lowest BCUT2D eigenvalue weighted by Crippen LogP contribution is -2.48. The number of nitrogens with zero attached hydrogens (tertiary/aromatic N) is 3. The van der Waals surface area contributed by atoms with E-state index in [1.807, 2.05) is 24.3 Å². The number of carbonyl (C=O) groups is 2. The SMILES string of the molecule is O=C(CN1CCN(c2ccccn2)CC1)Nc1cccc(C(=O)NC2CC2)c1. The molecule has 0 atom stereocenters. The molecular formula is C21H25N5O2. The van der Waals surface area contributed by atoms with Crippen LogP contribution in [0.3, 0.4) is 0 Å². The van der Waals surface area contributed by atoms with Crippen molar-refractivity contribution in [1.29, 1.82) is 0 Å². The molecule has 1 aromatic heterocycles. The lowest BCUT2D eigenvalue weighted by molar-refractivity contribution is -0.117. The molecular weight excluding hydrogens is 354 g/mol. The summed E-state index contributed by atoms with van der Waals surface area (Å²) in [5.74, 6) is 0.836. The van der Waals surface area contributed by atoms with Gasteiger partial charge >= 0.3 is 0 Å². The van der Waals surface area contributed by atoms with E-state index in [1.54, 1.807) is 24.4 Å². The molecule has 2 heterocycles. The molecule has 0 unspecified atom stereocenters. The molecule has 1 aliphatic carbocycles. The number of carbonyl (C=O) groups excluding carboxylic acids is 2. The molecule has 2 N–H and O–H groups in total. The largest absolute Gasteiger partial charge is 0.354 e. The van der Waals surface area contributed by atoms with Crippen LogP contribution in [0.15, 0.2) is 48.7 Å². The Morgan fingerprint density at radius 2 is 1.86 bits per heavy atom. The van der Waals surface area contributed by atoms with E-state index in [4.69, 9.17) is 0 Å². The predicted molar refractivity (Wildman–Crippen MR) is 108 cm³/mol. The first-order chi connectivity index (χ1) is 13.7. The topological polar surface area (TPSA) is 77.6 Å². The first kappa shape index (κ1) is 18.4. The Labute approximate surface area is 164 Å². The zero-order valence-electron chi connectivity index (χ0n) is 15.8. The summed E-state index contributed by atoms with van der Waals surface area (Å²) in [7, 11) is 0. The number of piperazine rings is 1. The van der Waals surface area contributed by atoms with Gasteiger partial charge in [0.1, 0.15) is 5.82 Å². The molecule has 2 fully saturated rings. The fourth-order valence-electron chi connectivity index (χ4n) is 3.31. The molecule has 0 bridgehead atoms. The summed E-state index contributed by atoms with van der Waals surface area (Å²) in [6, 6.07) is 13.3. The maximum Gasteiger partial charge on any atom is 0.251 e. The van der Waals surface area contributed by atoms with Gasteiger partial charge < -0.3 is 15.5 Å². The maximum atomic E-state index is 12.4. The Balaban J connectivity index is 1.26. The molecule has 1 saturated heterocycles. The van der Waals surface area contributed by atoms with E-state index in [1.165, 1.54) is 0 Å². The summed E-state index contributed by atoms with van der Waals surface area (Å²) in [6.45, 7) is 3.67. The zero-order valence-corrected chi connectivity index (χ0v) is 15.8. The van der Waals surface area contributed by atoms with Crippen molar-refractivity contribution in [2.45, 2.75) is 18.9 Å². The second-order valence-electron chi connectivity index (χ2n) is 7.33. The van der Waals surface area contributed by atoms with Crippen molar-refractivity contribution >= 4 is 23.3 Å². The van der Waals surface area contributed by atoms with Crippen molar-refractivity contribution in [2.75, 3.05) is 42.9 Å². The predicted octanol–water partition coefficient (Wildman–Crippen LogP) is 1.73. The van der Waals surface area contributed by atoms with Gasteiger partial charge in [-0.3, -0.25) is 14.5 Å². The average molecular weight is 379 g/mol. The van der Waals surface area contributed by atoms with Crippen molar-refractivity contribution in [2.24, 2.45) is 0 Å². The van der Waals surface area contributed by atoms with Crippen LogP contribution >= 0.6 is 0 Å². The van der Waals surface area contributed by atoms with Gasteiger partial charge in [-0.25, -0.2) is 4.98 Å². The third-order valence-electron chi connectivity index (χ3n) is 5.03. The molecule has 0 spiro atoms. The number of benzene rings is 1. The maximum absolute atomic E-state index is 12.4. The van der Waals surface area contributed by atoms with Crippen LogP contribution in [-0.4, -0.2) is 60.5 Å². The number of anilines is 2. The van der Waals surface area contributed by atoms with Gasteiger partial charge in [-0.2, -0.15) is 0 Å². The molecule has 1 aliphatic heterocycles. The lowest BCUT2D eigenvalue weighted by Gasteiger charge is -2.34. The smallest absolute Gasteiger partial charge is 0.251 e. The standard InChI is InChI=1S/C21H25N5O2/c27-20(15-25-10-12-26(13-11-25)19-6-1-2-9-22-19)23-18-5-3-4-16(14-18)21(28)24-17-7-8-17/h1-6,9,14,17H,7-8,10-13,15H2,(H,23,27)(H,24,28). The fraction of sp³-hybridized carbons (Fsp3) is 0.381. The number of pyridine rings is 1. The van der Waals surface area contributed by atoms with Gasteiger partial charge in [-0.15, -0.1) is 0 Å². The normalized spacial score (nSPS) is 17.2. The number of amides is 2. The Hall–Kier alpha value is -2.93. The summed E-state index contributed by atoms with van der Waals surface area (Å²) in [6.07, 6.45) is 3.90. The van der Waals surface area contributed by atoms with E-state index in [9.17, 15) is 9.59 Å². The quantitative estimate of drug-likeness (QED) is 0.799. The second-order valence-corrected chi connectivity index (χ2v) is 7.33. The molecule has 0 radical (unpaired) electrons. The van der Waals surface area contributed by atoms with Gasteiger partial charge in [0, 0.05) is 49.7 Å². The highest BCUT2D eigenvalue weighted by atomic mass is 16.2. The van der Waals surface area contributed by atoms with Gasteiger partial charge in [-0.05, 0) is 43.2 Å². The summed E-state index contributed by atoms with van der Waals surface area (Å²) in [5.41, 5.74) is 1.23. The highest BCUT2D eigenvalue weighted by Crippen LogP contribution is 2.20. The number of hydrogen-bond acceptors (Lipinski definition) is 5. The first-order valence-electron chi connectivity index (χ1n) is 9.76. The van der Waals surface area contributed by atoms with E-state index < -0.39 is 0 Å². The van der Waals surface area contributed by atoms with Crippen molar-refractivity contribution in [3.05, 3.63) is 54.2 Å². The van der Waals surface area contributed by atoms with Gasteiger partial charge in [0.15, 0.2) is 0 Å². The van der Waals surface area contributed by atoms with Crippen LogP contribution in [-0.2, 0) is 4.79 Å². The third-order valence-corrected chi connectivity index (χ3v) is 5.03. The van der Waals surface area contributed by atoms with Crippen LogP contribution in [0.2, 0.25) is 0 Å². The van der Waals surface area contributed by atoms with Crippen LogP contribution in [0.4, 0.5) is 11.5 Å². The number of aromatic nitrogens is 1. The molecule has 28 heavy (non-hydrogen) atoms. The van der Waals surface area contributed by atoms with Gasteiger partial charge in [0.2, 0.25) is 5.91 Å². The van der Waals surface area contributed by atoms with E-state index in [-0.39, 0.29) is 11.8 Å². The van der Waals surface area contributed by atoms with Gasteiger partial charge in [0.25, 0.3) is 5.91 Å². The van der Waals surface area contributed by atoms with Crippen molar-refractivity contribution in [3.8, 4) is 0 Å². The van der Waals surface area contributed by atoms with E-state index in [0.29, 0.717) is 23.8 Å². The van der Waals surface area contributed by atoms with Gasteiger partial charge in [-0.1, -0.05) is 12.1 Å². The molecule has 4 rings (SSSR count). The number of hydrogen-bond donors (Lipinski definition) is 2. The molecule has 7 heteroatoms. The van der Waals surface area contributed by atoms with Gasteiger partial charge in [0.05, 0.1) is 6.54 Å². The Morgan fingerprint density at radius 1 is 1.04 bits per heavy atom. The lowest BCUT2D eigenvalue weighted by atomic mass is 10.2. The number of rotatable bonds is 6.